The first-order chi connectivity index (χ1) is 16.4. The van der Waals surface area contributed by atoms with Crippen molar-refractivity contribution in [2.24, 2.45) is 0 Å². The van der Waals surface area contributed by atoms with Gasteiger partial charge in [-0.05, 0) is 81.4 Å². The quantitative estimate of drug-likeness (QED) is 0.202. The van der Waals surface area contributed by atoms with Gasteiger partial charge in [-0.25, -0.2) is 0 Å². The van der Waals surface area contributed by atoms with Gasteiger partial charge in [0.2, 0.25) is 0 Å². The molecule has 1 fully saturated rings. The Kier molecular flexibility index (Phi) is 8.08. The Morgan fingerprint density at radius 3 is 2.47 bits per heavy atom. The molecule has 0 aromatic heterocycles. The molecule has 9 heteroatoms. The van der Waals surface area contributed by atoms with Crippen LogP contribution in [0.15, 0.2) is 65.6 Å². The fraction of sp³-hybridized carbons (Fsp3) is 0.120. The van der Waals surface area contributed by atoms with Crippen LogP contribution >= 0.6 is 57.6 Å². The highest BCUT2D eigenvalue weighted by Gasteiger charge is 2.35. The molecule has 34 heavy (non-hydrogen) atoms. The van der Waals surface area contributed by atoms with Crippen molar-refractivity contribution in [1.82, 2.24) is 4.90 Å². The molecule has 1 aliphatic rings. The Morgan fingerprint density at radius 2 is 1.76 bits per heavy atom. The van der Waals surface area contributed by atoms with Crippen LogP contribution in [0.25, 0.3) is 6.08 Å². The molecule has 1 saturated heterocycles. The predicted octanol–water partition coefficient (Wildman–Crippen LogP) is 7.42. The van der Waals surface area contributed by atoms with Crippen LogP contribution in [0.5, 0.6) is 11.5 Å². The zero-order valence-corrected chi connectivity index (χ0v) is 22.4. The molecule has 1 heterocycles. The first-order valence-corrected chi connectivity index (χ1v) is 12.7. The summed E-state index contributed by atoms with van der Waals surface area (Å²) in [5.41, 5.74) is 2.49. The van der Waals surface area contributed by atoms with E-state index in [9.17, 15) is 9.59 Å². The normalized spacial score (nSPS) is 14.7. The van der Waals surface area contributed by atoms with Gasteiger partial charge in [0, 0.05) is 0 Å². The van der Waals surface area contributed by atoms with Gasteiger partial charge < -0.3 is 9.47 Å². The number of benzene rings is 3. The van der Waals surface area contributed by atoms with Gasteiger partial charge in [-0.3, -0.25) is 14.5 Å². The minimum atomic E-state index is -0.362. The maximum absolute atomic E-state index is 12.9. The lowest BCUT2D eigenvalue weighted by Crippen LogP contribution is -2.27. The lowest BCUT2D eigenvalue weighted by molar-refractivity contribution is -0.123. The first-order valence-electron chi connectivity index (χ1n) is 10.1. The van der Waals surface area contributed by atoms with E-state index < -0.39 is 0 Å². The minimum Gasteiger partial charge on any atom is -0.493 e. The molecular formula is C25H18Cl2INO4S. The largest absolute Gasteiger partial charge is 0.493 e. The lowest BCUT2D eigenvalue weighted by atomic mass is 10.1. The van der Waals surface area contributed by atoms with E-state index in [1.165, 1.54) is 4.90 Å². The van der Waals surface area contributed by atoms with E-state index in [-0.39, 0.29) is 17.7 Å². The summed E-state index contributed by atoms with van der Waals surface area (Å²) in [7, 11) is 1.57. The van der Waals surface area contributed by atoms with Gasteiger partial charge in [0.25, 0.3) is 11.1 Å². The number of nitrogens with zero attached hydrogens (tertiary/aromatic N) is 1. The third-order valence-electron chi connectivity index (χ3n) is 4.97. The number of imide groups is 1. The molecular weight excluding hydrogens is 608 g/mol. The number of carbonyl (C=O) groups excluding carboxylic acids is 2. The summed E-state index contributed by atoms with van der Waals surface area (Å²) in [5, 5.41) is 0.448. The molecule has 0 unspecified atom stereocenters. The van der Waals surface area contributed by atoms with Crippen molar-refractivity contribution in [3.8, 4) is 11.5 Å². The predicted molar refractivity (Wildman–Crippen MR) is 144 cm³/mol. The van der Waals surface area contributed by atoms with Gasteiger partial charge in [-0.2, -0.15) is 0 Å². The molecule has 0 spiro atoms. The molecule has 4 rings (SSSR count). The first kappa shape index (κ1) is 24.9. The van der Waals surface area contributed by atoms with Crippen molar-refractivity contribution < 1.29 is 19.1 Å². The van der Waals surface area contributed by atoms with E-state index >= 15 is 0 Å². The number of thioether (sulfide) groups is 1. The van der Waals surface area contributed by atoms with Crippen LogP contribution in [0.4, 0.5) is 4.79 Å². The number of hydrogen-bond acceptors (Lipinski definition) is 5. The van der Waals surface area contributed by atoms with Crippen molar-refractivity contribution in [3.63, 3.8) is 0 Å². The van der Waals surface area contributed by atoms with E-state index in [0.29, 0.717) is 38.6 Å². The third-order valence-corrected chi connectivity index (χ3v) is 7.42. The molecule has 0 aliphatic carbocycles. The number of halogens is 3. The summed E-state index contributed by atoms with van der Waals surface area (Å²) in [6.45, 7) is 0.520. The van der Waals surface area contributed by atoms with Crippen molar-refractivity contribution in [2.75, 3.05) is 7.11 Å². The summed E-state index contributed by atoms with van der Waals surface area (Å²) in [6.07, 6.45) is 1.69. The van der Waals surface area contributed by atoms with Crippen LogP contribution in [0.2, 0.25) is 10.0 Å². The van der Waals surface area contributed by atoms with Crippen molar-refractivity contribution in [1.29, 1.82) is 0 Å². The van der Waals surface area contributed by atoms with E-state index in [1.807, 2.05) is 36.4 Å². The van der Waals surface area contributed by atoms with Crippen LogP contribution in [-0.2, 0) is 17.9 Å². The zero-order chi connectivity index (χ0) is 24.2. The topological polar surface area (TPSA) is 55.8 Å². The number of amides is 2. The summed E-state index contributed by atoms with van der Waals surface area (Å²) >= 11 is 15.1. The van der Waals surface area contributed by atoms with Crippen LogP contribution in [-0.4, -0.2) is 23.2 Å². The number of hydrogen-bond donors (Lipinski definition) is 0. The molecule has 1 aliphatic heterocycles. The number of carbonyl (C=O) groups is 2. The van der Waals surface area contributed by atoms with E-state index in [4.69, 9.17) is 32.7 Å². The molecule has 2 amide bonds. The minimum absolute atomic E-state index is 0.117. The second kappa shape index (κ2) is 11.0. The Balaban J connectivity index is 1.53. The molecule has 5 nitrogen and oxygen atoms in total. The van der Waals surface area contributed by atoms with Gasteiger partial charge in [0.1, 0.15) is 6.61 Å². The van der Waals surface area contributed by atoms with E-state index in [2.05, 4.69) is 22.6 Å². The van der Waals surface area contributed by atoms with Crippen molar-refractivity contribution in [2.45, 2.75) is 13.2 Å². The molecule has 174 valence electrons. The fourth-order valence-corrected chi connectivity index (χ4v) is 5.24. The van der Waals surface area contributed by atoms with Gasteiger partial charge in [-0.15, -0.1) is 0 Å². The Morgan fingerprint density at radius 1 is 1.00 bits per heavy atom. The Labute approximate surface area is 225 Å². The van der Waals surface area contributed by atoms with Crippen molar-refractivity contribution in [3.05, 3.63) is 95.9 Å². The van der Waals surface area contributed by atoms with E-state index in [0.717, 1.165) is 26.5 Å². The number of methoxy groups -OCH3 is 1. The monoisotopic (exact) mass is 625 g/mol. The summed E-state index contributed by atoms with van der Waals surface area (Å²) in [4.78, 5) is 27.0. The van der Waals surface area contributed by atoms with Gasteiger partial charge in [-0.1, -0.05) is 59.6 Å². The van der Waals surface area contributed by atoms with Crippen LogP contribution in [0.1, 0.15) is 16.7 Å². The summed E-state index contributed by atoms with van der Waals surface area (Å²) in [5.74, 6) is 0.806. The summed E-state index contributed by atoms with van der Waals surface area (Å²) < 4.78 is 12.4. The highest BCUT2D eigenvalue weighted by atomic mass is 127. The number of ether oxygens (including phenoxy) is 2. The van der Waals surface area contributed by atoms with Crippen LogP contribution < -0.4 is 9.47 Å². The van der Waals surface area contributed by atoms with Gasteiger partial charge in [0.15, 0.2) is 11.5 Å². The number of rotatable bonds is 7. The second-order valence-electron chi connectivity index (χ2n) is 7.32. The highest BCUT2D eigenvalue weighted by Crippen LogP contribution is 2.38. The maximum Gasteiger partial charge on any atom is 0.293 e. The van der Waals surface area contributed by atoms with Crippen LogP contribution in [0.3, 0.4) is 0 Å². The Hall–Kier alpha value is -2.20. The standard InChI is InChI=1S/C25H18Cl2INO4S/c1-32-21-11-17(10-20(28)23(21)33-14-15-5-3-2-4-6-15)12-22-24(30)29(25(31)34-22)13-16-7-8-18(26)19(27)9-16/h2-12H,13-14H2,1H3/b22-12+. The highest BCUT2D eigenvalue weighted by molar-refractivity contribution is 14.1. The molecule has 0 radical (unpaired) electrons. The SMILES string of the molecule is COc1cc(/C=C2/SC(=O)N(Cc3ccc(Cl)c(Cl)c3)C2=O)cc(I)c1OCc1ccccc1. The van der Waals surface area contributed by atoms with Crippen molar-refractivity contribution >= 4 is 74.8 Å². The van der Waals surface area contributed by atoms with E-state index in [1.54, 1.807) is 37.5 Å². The third kappa shape index (κ3) is 5.71. The molecule has 0 saturated carbocycles. The molecule has 3 aromatic rings. The molecule has 0 bridgehead atoms. The Bertz CT molecular complexity index is 1280. The zero-order valence-electron chi connectivity index (χ0n) is 17.9. The smallest absolute Gasteiger partial charge is 0.293 e. The second-order valence-corrected chi connectivity index (χ2v) is 10.3. The lowest BCUT2D eigenvalue weighted by Gasteiger charge is -2.14. The molecule has 3 aromatic carbocycles. The van der Waals surface area contributed by atoms with Gasteiger partial charge in [0.05, 0.1) is 32.2 Å². The summed E-state index contributed by atoms with van der Waals surface area (Å²) in [6, 6.07) is 18.5. The molecule has 0 atom stereocenters. The maximum atomic E-state index is 12.9. The fourth-order valence-electron chi connectivity index (χ4n) is 3.30. The van der Waals surface area contributed by atoms with Crippen LogP contribution in [0, 0.1) is 3.57 Å². The van der Waals surface area contributed by atoms with Gasteiger partial charge >= 0.3 is 0 Å². The molecule has 0 N–H and O–H groups in total. The average molecular weight is 626 g/mol. The average Bonchev–Trinajstić information content (AvgIpc) is 3.08.